The zero-order valence-corrected chi connectivity index (χ0v) is 17.5. The van der Waals surface area contributed by atoms with E-state index < -0.39 is 0 Å². The quantitative estimate of drug-likeness (QED) is 0.648. The van der Waals surface area contributed by atoms with Gasteiger partial charge in [0.2, 0.25) is 0 Å². The molecule has 3 aromatic rings. The van der Waals surface area contributed by atoms with Gasteiger partial charge in [0.15, 0.2) is 5.69 Å². The van der Waals surface area contributed by atoms with Crippen LogP contribution in [0.5, 0.6) is 0 Å². The number of imidazole rings is 1. The lowest BCUT2D eigenvalue weighted by Crippen LogP contribution is -2.32. The van der Waals surface area contributed by atoms with E-state index in [0.717, 1.165) is 43.0 Å². The van der Waals surface area contributed by atoms with Crippen molar-refractivity contribution >= 4 is 11.6 Å². The predicted molar refractivity (Wildman–Crippen MR) is 115 cm³/mol. The summed E-state index contributed by atoms with van der Waals surface area (Å²) in [6, 6.07) is 16.6. The van der Waals surface area contributed by atoms with Crippen LogP contribution in [-0.4, -0.2) is 70.3 Å². The Balaban J connectivity index is 1.60. The fraction of sp³-hybridized carbons (Fsp3) is 0.391. The lowest BCUT2D eigenvalue weighted by molar-refractivity contribution is 0.0777. The van der Waals surface area contributed by atoms with Crippen LogP contribution in [0.1, 0.15) is 28.2 Å². The Morgan fingerprint density at radius 3 is 2.59 bits per heavy atom. The molecule has 152 valence electrons. The minimum absolute atomic E-state index is 0.0316. The van der Waals surface area contributed by atoms with Gasteiger partial charge in [-0.1, -0.05) is 36.4 Å². The second-order valence-corrected chi connectivity index (χ2v) is 8.12. The largest absolute Gasteiger partial charge is 0.336 e. The van der Waals surface area contributed by atoms with Crippen molar-refractivity contribution in [3.63, 3.8) is 0 Å². The van der Waals surface area contributed by atoms with Crippen LogP contribution in [0.3, 0.4) is 0 Å². The van der Waals surface area contributed by atoms with Gasteiger partial charge in [-0.3, -0.25) is 9.69 Å². The molecule has 1 amide bonds. The van der Waals surface area contributed by atoms with Crippen molar-refractivity contribution in [2.24, 2.45) is 0 Å². The second kappa shape index (κ2) is 8.35. The molecular weight excluding hydrogens is 362 g/mol. The predicted octanol–water partition coefficient (Wildman–Crippen LogP) is 2.74. The first-order valence-electron chi connectivity index (χ1n) is 10.2. The van der Waals surface area contributed by atoms with Crippen molar-refractivity contribution in [1.82, 2.24) is 24.1 Å². The maximum absolute atomic E-state index is 13.3. The van der Waals surface area contributed by atoms with E-state index in [1.54, 1.807) is 4.90 Å². The van der Waals surface area contributed by atoms with E-state index in [2.05, 4.69) is 28.3 Å². The molecule has 1 aliphatic heterocycles. The normalized spacial score (nSPS) is 17.3. The van der Waals surface area contributed by atoms with E-state index in [-0.39, 0.29) is 5.91 Å². The standard InChI is InChI=1S/C23H29N5O/c1-25(2)19-12-14-27(16-19)17-20-22(24-21-11-7-8-13-28(20)21)23(29)26(3)15-18-9-5-4-6-10-18/h4-11,13,19H,12,14-17H2,1-3H3/t19-/m0/s1. The molecule has 3 heterocycles. The van der Waals surface area contributed by atoms with Gasteiger partial charge >= 0.3 is 0 Å². The van der Waals surface area contributed by atoms with Crippen LogP contribution in [0.4, 0.5) is 0 Å². The highest BCUT2D eigenvalue weighted by atomic mass is 16.2. The molecule has 1 saturated heterocycles. The summed E-state index contributed by atoms with van der Waals surface area (Å²) in [6.45, 7) is 3.35. The number of fused-ring (bicyclic) bond motifs is 1. The SMILES string of the molecule is CN(Cc1ccccc1)C(=O)c1nc2ccccn2c1CN1CC[C@H](N(C)C)C1. The average molecular weight is 392 g/mol. The molecule has 1 atom stereocenters. The van der Waals surface area contributed by atoms with E-state index in [1.807, 2.05) is 61.8 Å². The maximum atomic E-state index is 13.3. The van der Waals surface area contributed by atoms with Crippen LogP contribution in [0, 0.1) is 0 Å². The fourth-order valence-corrected chi connectivity index (χ4v) is 4.07. The van der Waals surface area contributed by atoms with Crippen molar-refractivity contribution in [3.8, 4) is 0 Å². The van der Waals surface area contributed by atoms with E-state index >= 15 is 0 Å². The number of pyridine rings is 1. The van der Waals surface area contributed by atoms with Crippen LogP contribution in [-0.2, 0) is 13.1 Å². The first-order chi connectivity index (χ1) is 14.0. The molecule has 2 aromatic heterocycles. The lowest BCUT2D eigenvalue weighted by atomic mass is 10.2. The summed E-state index contributed by atoms with van der Waals surface area (Å²) >= 11 is 0. The summed E-state index contributed by atoms with van der Waals surface area (Å²) in [5, 5.41) is 0. The lowest BCUT2D eigenvalue weighted by Gasteiger charge is -2.21. The number of carbonyl (C=O) groups excluding carboxylic acids is 1. The molecule has 1 aliphatic rings. The van der Waals surface area contributed by atoms with Gasteiger partial charge < -0.3 is 14.2 Å². The molecule has 6 heteroatoms. The smallest absolute Gasteiger partial charge is 0.274 e. The Kier molecular flexibility index (Phi) is 5.65. The van der Waals surface area contributed by atoms with E-state index in [1.165, 1.54) is 0 Å². The summed E-state index contributed by atoms with van der Waals surface area (Å²) in [5.74, 6) is -0.0316. The Morgan fingerprint density at radius 2 is 1.86 bits per heavy atom. The van der Waals surface area contributed by atoms with Gasteiger partial charge in [-0.2, -0.15) is 0 Å². The van der Waals surface area contributed by atoms with Crippen molar-refractivity contribution in [1.29, 1.82) is 0 Å². The number of benzene rings is 1. The summed E-state index contributed by atoms with van der Waals surface area (Å²) in [5.41, 5.74) is 3.47. The molecule has 0 saturated carbocycles. The molecule has 4 rings (SSSR count). The number of likely N-dealkylation sites (N-methyl/N-ethyl adjacent to an activating group) is 1. The van der Waals surface area contributed by atoms with Gasteiger partial charge in [0, 0.05) is 45.5 Å². The van der Waals surface area contributed by atoms with Crippen LogP contribution < -0.4 is 0 Å². The van der Waals surface area contributed by atoms with Crippen LogP contribution in [0.2, 0.25) is 0 Å². The molecule has 6 nitrogen and oxygen atoms in total. The molecule has 0 radical (unpaired) electrons. The monoisotopic (exact) mass is 391 g/mol. The van der Waals surface area contributed by atoms with Gasteiger partial charge in [0.25, 0.3) is 5.91 Å². The first-order valence-corrected chi connectivity index (χ1v) is 10.2. The number of aromatic nitrogens is 2. The highest BCUT2D eigenvalue weighted by Crippen LogP contribution is 2.21. The number of likely N-dealkylation sites (tertiary alicyclic amines) is 1. The number of amides is 1. The Hall–Kier alpha value is -2.70. The number of nitrogens with zero attached hydrogens (tertiary/aromatic N) is 5. The second-order valence-electron chi connectivity index (χ2n) is 8.12. The molecule has 29 heavy (non-hydrogen) atoms. The van der Waals surface area contributed by atoms with E-state index in [9.17, 15) is 4.79 Å². The number of hydrogen-bond acceptors (Lipinski definition) is 4. The Morgan fingerprint density at radius 1 is 1.10 bits per heavy atom. The topological polar surface area (TPSA) is 44.1 Å². The van der Waals surface area contributed by atoms with Crippen LogP contribution in [0.25, 0.3) is 5.65 Å². The van der Waals surface area contributed by atoms with Crippen LogP contribution in [0.15, 0.2) is 54.7 Å². The van der Waals surface area contributed by atoms with Gasteiger partial charge in [-0.05, 0) is 38.2 Å². The first kappa shape index (κ1) is 19.6. The highest BCUT2D eigenvalue weighted by molar-refractivity contribution is 5.94. The molecule has 1 aromatic carbocycles. The Bertz CT molecular complexity index is 981. The van der Waals surface area contributed by atoms with Gasteiger partial charge in [-0.25, -0.2) is 4.98 Å². The summed E-state index contributed by atoms with van der Waals surface area (Å²) in [4.78, 5) is 24.5. The fourth-order valence-electron chi connectivity index (χ4n) is 4.07. The van der Waals surface area contributed by atoms with Gasteiger partial charge in [0.05, 0.1) is 5.69 Å². The van der Waals surface area contributed by atoms with Crippen molar-refractivity contribution in [3.05, 3.63) is 71.7 Å². The van der Waals surface area contributed by atoms with E-state index in [4.69, 9.17) is 4.98 Å². The molecule has 0 unspecified atom stereocenters. The molecular formula is C23H29N5O. The molecule has 0 bridgehead atoms. The van der Waals surface area contributed by atoms with Crippen molar-refractivity contribution in [2.45, 2.75) is 25.6 Å². The minimum Gasteiger partial charge on any atom is -0.336 e. The maximum Gasteiger partial charge on any atom is 0.274 e. The summed E-state index contributed by atoms with van der Waals surface area (Å²) in [7, 11) is 6.12. The molecule has 0 aliphatic carbocycles. The molecule has 1 fully saturated rings. The summed E-state index contributed by atoms with van der Waals surface area (Å²) in [6.07, 6.45) is 3.16. The zero-order chi connectivity index (χ0) is 20.4. The third-order valence-electron chi connectivity index (χ3n) is 5.79. The van der Waals surface area contributed by atoms with Gasteiger partial charge in [-0.15, -0.1) is 0 Å². The average Bonchev–Trinajstić information content (AvgIpc) is 3.34. The summed E-state index contributed by atoms with van der Waals surface area (Å²) < 4.78 is 2.06. The minimum atomic E-state index is -0.0316. The van der Waals surface area contributed by atoms with E-state index in [0.29, 0.717) is 18.3 Å². The van der Waals surface area contributed by atoms with Crippen molar-refractivity contribution < 1.29 is 4.79 Å². The number of carbonyl (C=O) groups is 1. The molecule has 0 spiro atoms. The third-order valence-corrected chi connectivity index (χ3v) is 5.79. The number of rotatable bonds is 6. The van der Waals surface area contributed by atoms with Gasteiger partial charge in [0.1, 0.15) is 5.65 Å². The highest BCUT2D eigenvalue weighted by Gasteiger charge is 2.28. The zero-order valence-electron chi connectivity index (χ0n) is 17.5. The molecule has 0 N–H and O–H groups in total. The third kappa shape index (κ3) is 4.18. The van der Waals surface area contributed by atoms with Crippen molar-refractivity contribution in [2.75, 3.05) is 34.2 Å². The Labute approximate surface area is 172 Å². The van der Waals surface area contributed by atoms with Crippen LogP contribution >= 0.6 is 0 Å². The number of hydrogen-bond donors (Lipinski definition) is 0.